The average molecular weight is 208 g/mol. The van der Waals surface area contributed by atoms with Crippen LogP contribution in [0.4, 0.5) is 0 Å². The summed E-state index contributed by atoms with van der Waals surface area (Å²) >= 11 is 0. The van der Waals surface area contributed by atoms with E-state index in [1.165, 1.54) is 12.8 Å². The molecule has 0 spiro atoms. The van der Waals surface area contributed by atoms with Crippen LogP contribution in [-0.2, 0) is 6.42 Å². The molecule has 1 aliphatic rings. The molecule has 1 fully saturated rings. The second kappa shape index (κ2) is 4.81. The maximum absolute atomic E-state index is 5.98. The van der Waals surface area contributed by atoms with Crippen molar-refractivity contribution in [2.24, 2.45) is 5.73 Å². The fourth-order valence-electron chi connectivity index (χ4n) is 2.24. The van der Waals surface area contributed by atoms with Crippen LogP contribution in [0.5, 0.6) is 0 Å². The molecule has 1 heterocycles. The predicted molar refractivity (Wildman–Crippen MR) is 60.8 cm³/mol. The van der Waals surface area contributed by atoms with E-state index in [0.29, 0.717) is 12.1 Å². The number of nitrogens with one attached hydrogen (secondary N) is 1. The van der Waals surface area contributed by atoms with Crippen LogP contribution in [0.1, 0.15) is 30.8 Å². The molecule has 2 unspecified atom stereocenters. The molecule has 15 heavy (non-hydrogen) atoms. The van der Waals surface area contributed by atoms with Crippen molar-refractivity contribution in [1.29, 1.82) is 0 Å². The summed E-state index contributed by atoms with van der Waals surface area (Å²) in [5.41, 5.74) is 5.98. The van der Waals surface area contributed by atoms with Crippen LogP contribution in [0.25, 0.3) is 0 Å². The normalized spacial score (nSPS) is 26.0. The van der Waals surface area contributed by atoms with Crippen molar-refractivity contribution >= 4 is 0 Å². The molecule has 0 bridgehead atoms. The SMILES string of the molecule is Cc1ccc(CCNC2CCCC2N)o1. The minimum Gasteiger partial charge on any atom is -0.466 e. The molecule has 0 aliphatic heterocycles. The van der Waals surface area contributed by atoms with E-state index in [4.69, 9.17) is 10.2 Å². The van der Waals surface area contributed by atoms with E-state index in [2.05, 4.69) is 5.32 Å². The van der Waals surface area contributed by atoms with Gasteiger partial charge in [0.15, 0.2) is 0 Å². The Morgan fingerprint density at radius 2 is 2.33 bits per heavy atom. The van der Waals surface area contributed by atoms with Crippen molar-refractivity contribution in [3.8, 4) is 0 Å². The molecule has 3 heteroatoms. The van der Waals surface area contributed by atoms with E-state index in [1.54, 1.807) is 0 Å². The Morgan fingerprint density at radius 3 is 2.93 bits per heavy atom. The third-order valence-corrected chi connectivity index (χ3v) is 3.14. The molecule has 2 rings (SSSR count). The van der Waals surface area contributed by atoms with Crippen molar-refractivity contribution in [2.75, 3.05) is 6.54 Å². The Labute approximate surface area is 91.0 Å². The lowest BCUT2D eigenvalue weighted by Crippen LogP contribution is -2.41. The fourth-order valence-corrected chi connectivity index (χ4v) is 2.24. The number of nitrogens with two attached hydrogens (primary N) is 1. The second-order valence-electron chi connectivity index (χ2n) is 4.42. The number of aryl methyl sites for hydroxylation is 1. The van der Waals surface area contributed by atoms with E-state index < -0.39 is 0 Å². The van der Waals surface area contributed by atoms with Gasteiger partial charge >= 0.3 is 0 Å². The molecule has 1 aromatic heterocycles. The maximum atomic E-state index is 5.98. The standard InChI is InChI=1S/C12H20N2O/c1-9-5-6-10(15-9)7-8-14-12-4-2-3-11(12)13/h5-6,11-12,14H,2-4,7-8,13H2,1H3. The minimum absolute atomic E-state index is 0.350. The van der Waals surface area contributed by atoms with Gasteiger partial charge in [-0.3, -0.25) is 0 Å². The van der Waals surface area contributed by atoms with Crippen LogP contribution in [0.2, 0.25) is 0 Å². The van der Waals surface area contributed by atoms with Gasteiger partial charge in [-0.15, -0.1) is 0 Å². The first-order valence-electron chi connectivity index (χ1n) is 5.80. The maximum Gasteiger partial charge on any atom is 0.105 e. The van der Waals surface area contributed by atoms with Crippen LogP contribution < -0.4 is 11.1 Å². The van der Waals surface area contributed by atoms with Gasteiger partial charge in [0.05, 0.1) is 0 Å². The van der Waals surface area contributed by atoms with Crippen LogP contribution in [-0.4, -0.2) is 18.6 Å². The van der Waals surface area contributed by atoms with E-state index in [-0.39, 0.29) is 0 Å². The van der Waals surface area contributed by atoms with Crippen LogP contribution in [0.15, 0.2) is 16.5 Å². The van der Waals surface area contributed by atoms with Gasteiger partial charge in [0.2, 0.25) is 0 Å². The number of furan rings is 1. The quantitative estimate of drug-likeness (QED) is 0.790. The highest BCUT2D eigenvalue weighted by Gasteiger charge is 2.22. The molecule has 0 radical (unpaired) electrons. The topological polar surface area (TPSA) is 51.2 Å². The van der Waals surface area contributed by atoms with Gasteiger partial charge < -0.3 is 15.5 Å². The number of rotatable bonds is 4. The lowest BCUT2D eigenvalue weighted by molar-refractivity contribution is 0.443. The Kier molecular flexibility index (Phi) is 3.44. The third kappa shape index (κ3) is 2.83. The van der Waals surface area contributed by atoms with E-state index in [9.17, 15) is 0 Å². The molecular formula is C12H20N2O. The van der Waals surface area contributed by atoms with Crippen LogP contribution in [0.3, 0.4) is 0 Å². The summed E-state index contributed by atoms with van der Waals surface area (Å²) in [5, 5.41) is 3.50. The van der Waals surface area contributed by atoms with E-state index in [0.717, 1.165) is 30.9 Å². The van der Waals surface area contributed by atoms with Crippen molar-refractivity contribution in [3.05, 3.63) is 23.7 Å². The first-order chi connectivity index (χ1) is 7.25. The van der Waals surface area contributed by atoms with Gasteiger partial charge in [0.25, 0.3) is 0 Å². The Balaban J connectivity index is 1.70. The monoisotopic (exact) mass is 208 g/mol. The van der Waals surface area contributed by atoms with Crippen molar-refractivity contribution in [1.82, 2.24) is 5.32 Å². The van der Waals surface area contributed by atoms with Crippen LogP contribution in [0, 0.1) is 6.92 Å². The summed E-state index contributed by atoms with van der Waals surface area (Å²) in [6, 6.07) is 4.92. The van der Waals surface area contributed by atoms with E-state index >= 15 is 0 Å². The van der Waals surface area contributed by atoms with Crippen molar-refractivity contribution in [3.63, 3.8) is 0 Å². The Bertz CT molecular complexity index is 308. The average Bonchev–Trinajstić information content (AvgIpc) is 2.77. The zero-order chi connectivity index (χ0) is 10.7. The highest BCUT2D eigenvalue weighted by molar-refractivity contribution is 5.05. The molecule has 3 N–H and O–H groups in total. The molecule has 84 valence electrons. The summed E-state index contributed by atoms with van der Waals surface area (Å²) < 4.78 is 5.50. The highest BCUT2D eigenvalue weighted by Crippen LogP contribution is 2.17. The minimum atomic E-state index is 0.350. The first kappa shape index (κ1) is 10.7. The lowest BCUT2D eigenvalue weighted by Gasteiger charge is -2.16. The fraction of sp³-hybridized carbons (Fsp3) is 0.667. The van der Waals surface area contributed by atoms with Crippen LogP contribution >= 0.6 is 0 Å². The largest absolute Gasteiger partial charge is 0.466 e. The van der Waals surface area contributed by atoms with Crippen molar-refractivity contribution in [2.45, 2.75) is 44.7 Å². The molecule has 1 aliphatic carbocycles. The Hall–Kier alpha value is -0.800. The van der Waals surface area contributed by atoms with Crippen molar-refractivity contribution < 1.29 is 4.42 Å². The predicted octanol–water partition coefficient (Wildman–Crippen LogP) is 1.60. The Morgan fingerprint density at radius 1 is 1.47 bits per heavy atom. The number of hydrogen-bond acceptors (Lipinski definition) is 3. The zero-order valence-corrected chi connectivity index (χ0v) is 9.33. The van der Waals surface area contributed by atoms with E-state index in [1.807, 2.05) is 19.1 Å². The molecular weight excluding hydrogens is 188 g/mol. The molecule has 0 saturated heterocycles. The van der Waals surface area contributed by atoms with Gasteiger partial charge in [0.1, 0.15) is 11.5 Å². The summed E-state index contributed by atoms with van der Waals surface area (Å²) in [4.78, 5) is 0. The summed E-state index contributed by atoms with van der Waals surface area (Å²) in [5.74, 6) is 2.05. The molecule has 2 atom stereocenters. The summed E-state index contributed by atoms with van der Waals surface area (Å²) in [7, 11) is 0. The smallest absolute Gasteiger partial charge is 0.105 e. The molecule has 3 nitrogen and oxygen atoms in total. The molecule has 1 aromatic rings. The van der Waals surface area contributed by atoms with Gasteiger partial charge in [0, 0.05) is 25.0 Å². The summed E-state index contributed by atoms with van der Waals surface area (Å²) in [6.45, 7) is 2.94. The van der Waals surface area contributed by atoms with Gasteiger partial charge in [-0.05, 0) is 31.9 Å². The van der Waals surface area contributed by atoms with Gasteiger partial charge in [-0.25, -0.2) is 0 Å². The molecule has 1 saturated carbocycles. The first-order valence-corrected chi connectivity index (χ1v) is 5.80. The molecule has 0 amide bonds. The third-order valence-electron chi connectivity index (χ3n) is 3.14. The molecule has 0 aromatic carbocycles. The van der Waals surface area contributed by atoms with Gasteiger partial charge in [-0.1, -0.05) is 6.42 Å². The lowest BCUT2D eigenvalue weighted by atomic mass is 10.2. The van der Waals surface area contributed by atoms with Gasteiger partial charge in [-0.2, -0.15) is 0 Å². The second-order valence-corrected chi connectivity index (χ2v) is 4.42. The zero-order valence-electron chi connectivity index (χ0n) is 9.33. The summed E-state index contributed by atoms with van der Waals surface area (Å²) in [6.07, 6.45) is 4.60. The highest BCUT2D eigenvalue weighted by atomic mass is 16.3. The number of hydrogen-bond donors (Lipinski definition) is 2.